The Hall–Kier alpha value is -0.900. The number of nitrogens with two attached hydrogens (primary N) is 1. The van der Waals surface area contributed by atoms with Gasteiger partial charge in [-0.3, -0.25) is 0 Å². The first kappa shape index (κ1) is 11.6. The molecule has 0 amide bonds. The highest BCUT2D eigenvalue weighted by Crippen LogP contribution is 2.36. The first-order valence-corrected chi connectivity index (χ1v) is 6.32. The summed E-state index contributed by atoms with van der Waals surface area (Å²) in [6.45, 7) is 5.10. The minimum atomic E-state index is 0.689. The zero-order valence-electron chi connectivity index (χ0n) is 10.3. The molecule has 0 aromatic carbocycles. The maximum atomic E-state index is 5.56. The van der Waals surface area contributed by atoms with Crippen LogP contribution in [0.15, 0.2) is 0 Å². The lowest BCUT2D eigenvalue weighted by molar-refractivity contribution is 0.485. The minimum Gasteiger partial charge on any atom is -0.330 e. The van der Waals surface area contributed by atoms with Gasteiger partial charge in [-0.1, -0.05) is 6.92 Å². The van der Waals surface area contributed by atoms with Gasteiger partial charge in [0, 0.05) is 12.5 Å². The van der Waals surface area contributed by atoms with Crippen LogP contribution in [0.25, 0.3) is 0 Å². The van der Waals surface area contributed by atoms with E-state index in [0.29, 0.717) is 12.0 Å². The molecule has 0 radical (unpaired) electrons. The monoisotopic (exact) mass is 222 g/mol. The third-order valence-electron chi connectivity index (χ3n) is 3.37. The van der Waals surface area contributed by atoms with Crippen molar-refractivity contribution >= 4 is 0 Å². The fraction of sp³-hybridized carbons (Fsp3) is 0.833. The smallest absolute Gasteiger partial charge is 0.133 e. The molecule has 2 N–H and O–H groups in total. The lowest BCUT2D eigenvalue weighted by Crippen LogP contribution is -2.09. The molecule has 1 heterocycles. The predicted octanol–water partition coefficient (Wildman–Crippen LogP) is 1.84. The van der Waals surface area contributed by atoms with E-state index in [2.05, 4.69) is 28.6 Å². The molecule has 90 valence electrons. The molecule has 16 heavy (non-hydrogen) atoms. The van der Waals surface area contributed by atoms with Gasteiger partial charge in [-0.25, -0.2) is 0 Å². The van der Waals surface area contributed by atoms with Gasteiger partial charge in [0.05, 0.1) is 0 Å². The Balaban J connectivity index is 1.93. The number of rotatable bonds is 6. The highest BCUT2D eigenvalue weighted by molar-refractivity contribution is 5.01. The quantitative estimate of drug-likeness (QED) is 0.799. The Bertz CT molecular complexity index is 341. The van der Waals surface area contributed by atoms with Gasteiger partial charge < -0.3 is 10.3 Å². The maximum absolute atomic E-state index is 5.56. The van der Waals surface area contributed by atoms with E-state index in [-0.39, 0.29) is 0 Å². The Labute approximate surface area is 97.2 Å². The Kier molecular flexibility index (Phi) is 3.59. The molecule has 2 rings (SSSR count). The first-order chi connectivity index (χ1) is 7.72. The average molecular weight is 222 g/mol. The van der Waals surface area contributed by atoms with Crippen molar-refractivity contribution in [3.8, 4) is 0 Å². The van der Waals surface area contributed by atoms with Crippen LogP contribution in [0.1, 0.15) is 50.3 Å². The Morgan fingerprint density at radius 3 is 2.75 bits per heavy atom. The molecular weight excluding hydrogens is 200 g/mol. The van der Waals surface area contributed by atoms with Gasteiger partial charge in [0.25, 0.3) is 0 Å². The Morgan fingerprint density at radius 1 is 1.38 bits per heavy atom. The van der Waals surface area contributed by atoms with Crippen LogP contribution in [-0.2, 0) is 6.42 Å². The van der Waals surface area contributed by atoms with Crippen molar-refractivity contribution in [2.75, 3.05) is 6.54 Å². The third-order valence-corrected chi connectivity index (χ3v) is 3.37. The summed E-state index contributed by atoms with van der Waals surface area (Å²) in [7, 11) is 0. The average Bonchev–Trinajstić information content (AvgIpc) is 3.01. The van der Waals surface area contributed by atoms with E-state index >= 15 is 0 Å². The van der Waals surface area contributed by atoms with Crippen LogP contribution in [0, 0.1) is 12.8 Å². The highest BCUT2D eigenvalue weighted by atomic mass is 15.3. The summed E-state index contributed by atoms with van der Waals surface area (Å²) in [6.07, 6.45) is 5.91. The molecule has 1 aliphatic rings. The van der Waals surface area contributed by atoms with Crippen molar-refractivity contribution in [3.05, 3.63) is 11.6 Å². The molecule has 0 bridgehead atoms. The van der Waals surface area contributed by atoms with E-state index in [1.54, 1.807) is 0 Å². The molecule has 1 aromatic rings. The summed E-state index contributed by atoms with van der Waals surface area (Å²) in [5, 5.41) is 8.48. The SMILES string of the molecule is Cc1nnc(CCC(C)CCN)n1C1CC1. The summed E-state index contributed by atoms with van der Waals surface area (Å²) < 4.78 is 2.33. The third kappa shape index (κ3) is 2.61. The van der Waals surface area contributed by atoms with E-state index in [9.17, 15) is 0 Å². The van der Waals surface area contributed by atoms with Crippen LogP contribution >= 0.6 is 0 Å². The molecule has 0 saturated heterocycles. The fourth-order valence-electron chi connectivity index (χ4n) is 2.20. The molecule has 1 unspecified atom stereocenters. The van der Waals surface area contributed by atoms with E-state index in [4.69, 9.17) is 5.73 Å². The number of aromatic nitrogens is 3. The van der Waals surface area contributed by atoms with Crippen molar-refractivity contribution in [3.63, 3.8) is 0 Å². The largest absolute Gasteiger partial charge is 0.330 e. The predicted molar refractivity (Wildman–Crippen MR) is 64.2 cm³/mol. The molecule has 0 aliphatic heterocycles. The molecule has 4 heteroatoms. The van der Waals surface area contributed by atoms with Gasteiger partial charge in [-0.05, 0) is 45.1 Å². The van der Waals surface area contributed by atoms with Gasteiger partial charge in [0.1, 0.15) is 11.6 Å². The number of nitrogens with zero attached hydrogens (tertiary/aromatic N) is 3. The molecule has 1 aliphatic carbocycles. The molecule has 1 aromatic heterocycles. The van der Waals surface area contributed by atoms with E-state index in [0.717, 1.165) is 25.2 Å². The van der Waals surface area contributed by atoms with Gasteiger partial charge in [-0.2, -0.15) is 0 Å². The van der Waals surface area contributed by atoms with Gasteiger partial charge in [-0.15, -0.1) is 10.2 Å². The number of aryl methyl sites for hydroxylation is 2. The molecular formula is C12H22N4. The van der Waals surface area contributed by atoms with Crippen molar-refractivity contribution < 1.29 is 0 Å². The van der Waals surface area contributed by atoms with Crippen LogP contribution in [0.2, 0.25) is 0 Å². The van der Waals surface area contributed by atoms with Crippen LogP contribution in [0.4, 0.5) is 0 Å². The van der Waals surface area contributed by atoms with E-state index in [1.165, 1.54) is 25.1 Å². The van der Waals surface area contributed by atoms with Crippen LogP contribution < -0.4 is 5.73 Å². The molecule has 1 saturated carbocycles. The van der Waals surface area contributed by atoms with Crippen LogP contribution in [0.5, 0.6) is 0 Å². The van der Waals surface area contributed by atoms with Crippen molar-refractivity contribution in [1.29, 1.82) is 0 Å². The van der Waals surface area contributed by atoms with E-state index in [1.807, 2.05) is 0 Å². The lowest BCUT2D eigenvalue weighted by atomic mass is 10.0. The summed E-state index contributed by atoms with van der Waals surface area (Å²) in [5.41, 5.74) is 5.56. The fourth-order valence-corrected chi connectivity index (χ4v) is 2.20. The summed E-state index contributed by atoms with van der Waals surface area (Å²) in [4.78, 5) is 0. The van der Waals surface area contributed by atoms with Crippen molar-refractivity contribution in [2.45, 2.75) is 52.0 Å². The number of hydrogen-bond donors (Lipinski definition) is 1. The molecule has 1 fully saturated rings. The second-order valence-electron chi connectivity index (χ2n) is 4.99. The second kappa shape index (κ2) is 4.95. The lowest BCUT2D eigenvalue weighted by Gasteiger charge is -2.10. The van der Waals surface area contributed by atoms with Crippen LogP contribution in [0.3, 0.4) is 0 Å². The topological polar surface area (TPSA) is 56.7 Å². The number of hydrogen-bond acceptors (Lipinski definition) is 3. The zero-order valence-corrected chi connectivity index (χ0v) is 10.3. The zero-order chi connectivity index (χ0) is 11.5. The normalized spacial score (nSPS) is 17.7. The first-order valence-electron chi connectivity index (χ1n) is 6.32. The highest BCUT2D eigenvalue weighted by Gasteiger charge is 2.27. The molecule has 1 atom stereocenters. The minimum absolute atomic E-state index is 0.689. The maximum Gasteiger partial charge on any atom is 0.133 e. The molecule has 4 nitrogen and oxygen atoms in total. The van der Waals surface area contributed by atoms with Gasteiger partial charge in [0.15, 0.2) is 0 Å². The summed E-state index contributed by atoms with van der Waals surface area (Å²) in [6, 6.07) is 0.690. The van der Waals surface area contributed by atoms with Gasteiger partial charge >= 0.3 is 0 Å². The Morgan fingerprint density at radius 2 is 2.12 bits per heavy atom. The van der Waals surface area contributed by atoms with Crippen molar-refractivity contribution in [1.82, 2.24) is 14.8 Å². The second-order valence-corrected chi connectivity index (χ2v) is 4.99. The van der Waals surface area contributed by atoms with Gasteiger partial charge in [0.2, 0.25) is 0 Å². The van der Waals surface area contributed by atoms with E-state index < -0.39 is 0 Å². The summed E-state index contributed by atoms with van der Waals surface area (Å²) >= 11 is 0. The summed E-state index contributed by atoms with van der Waals surface area (Å²) in [5.74, 6) is 2.93. The molecule has 0 spiro atoms. The van der Waals surface area contributed by atoms with Crippen molar-refractivity contribution in [2.24, 2.45) is 11.7 Å². The van der Waals surface area contributed by atoms with Crippen LogP contribution in [-0.4, -0.2) is 21.3 Å². The standard InChI is InChI=1S/C12H22N4/c1-9(7-8-13)3-6-12-15-14-10(2)16(12)11-4-5-11/h9,11H,3-8,13H2,1-2H3.